The molecule has 7 heteroatoms. The van der Waals surface area contributed by atoms with Crippen LogP contribution in [0.25, 0.3) is 10.9 Å². The maximum absolute atomic E-state index is 5.04. The van der Waals surface area contributed by atoms with E-state index in [1.54, 1.807) is 0 Å². The number of guanidine groups is 1. The van der Waals surface area contributed by atoms with Gasteiger partial charge in [0.05, 0.1) is 12.1 Å². The highest BCUT2D eigenvalue weighted by atomic mass is 127. The van der Waals surface area contributed by atoms with E-state index in [9.17, 15) is 0 Å². The number of pyridine rings is 1. The summed E-state index contributed by atoms with van der Waals surface area (Å²) in [5.74, 6) is 2.02. The summed E-state index contributed by atoms with van der Waals surface area (Å²) in [5.41, 5.74) is 2.26. The third-order valence-electron chi connectivity index (χ3n) is 6.10. The lowest BCUT2D eigenvalue weighted by molar-refractivity contribution is 0.249. The first kappa shape index (κ1) is 23.1. The number of para-hydroxylation sites is 1. The highest BCUT2D eigenvalue weighted by molar-refractivity contribution is 14.0. The fraction of sp³-hybridized carbons (Fsp3) is 0.565. The summed E-state index contributed by atoms with van der Waals surface area (Å²) in [6, 6.07) is 11.2. The van der Waals surface area contributed by atoms with Gasteiger partial charge in [-0.2, -0.15) is 0 Å². The van der Waals surface area contributed by atoms with Crippen LogP contribution in [0.5, 0.6) is 0 Å². The molecule has 2 saturated heterocycles. The van der Waals surface area contributed by atoms with Crippen LogP contribution in [0, 0.1) is 0 Å². The Morgan fingerprint density at radius 1 is 1.20 bits per heavy atom. The van der Waals surface area contributed by atoms with Gasteiger partial charge in [-0.3, -0.25) is 4.90 Å². The summed E-state index contributed by atoms with van der Waals surface area (Å²) in [6.45, 7) is 8.42. The van der Waals surface area contributed by atoms with Crippen molar-refractivity contribution < 1.29 is 0 Å². The first-order valence-electron chi connectivity index (χ1n) is 11.0. The number of hydrogen-bond acceptors (Lipinski definition) is 4. The van der Waals surface area contributed by atoms with E-state index in [1.807, 2.05) is 14.1 Å². The molecule has 2 aliphatic heterocycles. The Labute approximate surface area is 197 Å². The molecule has 3 heterocycles. The zero-order valence-electron chi connectivity index (χ0n) is 18.5. The highest BCUT2D eigenvalue weighted by Gasteiger charge is 2.30. The fourth-order valence-electron chi connectivity index (χ4n) is 4.52. The quantitative estimate of drug-likeness (QED) is 0.370. The van der Waals surface area contributed by atoms with Gasteiger partial charge in [0.15, 0.2) is 5.96 Å². The number of aliphatic imine (C=N–C) groups is 1. The Hall–Kier alpha value is -1.61. The smallest absolute Gasteiger partial charge is 0.194 e. The summed E-state index contributed by atoms with van der Waals surface area (Å²) >= 11 is 0. The van der Waals surface area contributed by atoms with Crippen molar-refractivity contribution in [3.05, 3.63) is 35.9 Å². The van der Waals surface area contributed by atoms with E-state index >= 15 is 0 Å². The summed E-state index contributed by atoms with van der Waals surface area (Å²) in [5, 5.41) is 4.71. The normalized spacial score (nSPS) is 19.9. The minimum absolute atomic E-state index is 0. The van der Waals surface area contributed by atoms with Gasteiger partial charge in [-0.1, -0.05) is 18.2 Å². The molecule has 4 rings (SSSR count). The van der Waals surface area contributed by atoms with Crippen LogP contribution in [-0.4, -0.2) is 73.6 Å². The van der Waals surface area contributed by atoms with E-state index < -0.39 is 0 Å². The molecule has 0 spiro atoms. The molecule has 0 aliphatic carbocycles. The van der Waals surface area contributed by atoms with Gasteiger partial charge in [-0.05, 0) is 57.0 Å². The molecule has 0 radical (unpaired) electrons. The largest absolute Gasteiger partial charge is 0.363 e. The molecule has 0 amide bonds. The summed E-state index contributed by atoms with van der Waals surface area (Å²) in [6.07, 6.45) is 3.95. The van der Waals surface area contributed by atoms with E-state index in [1.165, 1.54) is 43.3 Å². The Morgan fingerprint density at radius 2 is 1.97 bits per heavy atom. The molecule has 1 N–H and O–H groups in total. The summed E-state index contributed by atoms with van der Waals surface area (Å²) < 4.78 is 0. The second-order valence-electron chi connectivity index (χ2n) is 8.35. The molecule has 1 atom stereocenters. The van der Waals surface area contributed by atoms with Crippen molar-refractivity contribution in [3.63, 3.8) is 0 Å². The predicted molar refractivity (Wildman–Crippen MR) is 137 cm³/mol. The van der Waals surface area contributed by atoms with Crippen LogP contribution in [-0.2, 0) is 6.54 Å². The molecule has 2 aromatic rings. The minimum Gasteiger partial charge on any atom is -0.363 e. The van der Waals surface area contributed by atoms with E-state index in [-0.39, 0.29) is 24.0 Å². The lowest BCUT2D eigenvalue weighted by atomic mass is 10.1. The van der Waals surface area contributed by atoms with E-state index in [4.69, 9.17) is 9.98 Å². The minimum atomic E-state index is 0. The van der Waals surface area contributed by atoms with Crippen LogP contribution in [0.3, 0.4) is 0 Å². The molecule has 30 heavy (non-hydrogen) atoms. The molecule has 6 nitrogen and oxygen atoms in total. The van der Waals surface area contributed by atoms with Gasteiger partial charge in [0.1, 0.15) is 5.82 Å². The van der Waals surface area contributed by atoms with Crippen LogP contribution in [0.2, 0.25) is 0 Å². The Morgan fingerprint density at radius 3 is 2.70 bits per heavy atom. The topological polar surface area (TPSA) is 47.0 Å². The molecule has 2 fully saturated rings. The molecule has 2 aliphatic rings. The van der Waals surface area contributed by atoms with E-state index in [2.05, 4.69) is 57.3 Å². The number of likely N-dealkylation sites (tertiary alicyclic amines) is 2. The van der Waals surface area contributed by atoms with Crippen molar-refractivity contribution in [3.8, 4) is 0 Å². The standard InChI is InChI=1S/C23H34N6.HI/c1-4-24-23(29-14-11-19(17-29)28-12-7-8-13-28)25-16-18-15-22(27(2)3)26-21-10-6-5-9-20(18)21;/h5-6,9-10,15,19H,4,7-8,11-14,16-17H2,1-3H3,(H,24,25);1H. The zero-order chi connectivity index (χ0) is 20.2. The SMILES string of the molecule is CCNC(=NCc1cc(N(C)C)nc2ccccc12)N1CCC(N2CCCC2)C1.I. The van der Waals surface area contributed by atoms with Crippen molar-refractivity contribution in [1.82, 2.24) is 20.1 Å². The number of nitrogens with zero attached hydrogens (tertiary/aromatic N) is 5. The number of benzene rings is 1. The Kier molecular flexibility index (Phi) is 8.16. The molecule has 164 valence electrons. The van der Waals surface area contributed by atoms with Crippen LogP contribution in [0.1, 0.15) is 31.7 Å². The Balaban J connectivity index is 0.00000256. The highest BCUT2D eigenvalue weighted by Crippen LogP contribution is 2.24. The number of hydrogen-bond donors (Lipinski definition) is 1. The summed E-state index contributed by atoms with van der Waals surface area (Å²) in [4.78, 5) is 17.0. The molecular formula is C23H35IN6. The van der Waals surface area contributed by atoms with Crippen molar-refractivity contribution in [2.75, 3.05) is 51.7 Å². The van der Waals surface area contributed by atoms with Gasteiger partial charge in [0.2, 0.25) is 0 Å². The molecule has 1 aromatic carbocycles. The first-order valence-corrected chi connectivity index (χ1v) is 11.0. The Bertz CT molecular complexity index is 862. The van der Waals surface area contributed by atoms with Crippen molar-refractivity contribution in [2.24, 2.45) is 4.99 Å². The second kappa shape index (κ2) is 10.6. The summed E-state index contributed by atoms with van der Waals surface area (Å²) in [7, 11) is 4.08. The van der Waals surface area contributed by atoms with E-state index in [0.29, 0.717) is 12.6 Å². The van der Waals surface area contributed by atoms with E-state index in [0.717, 1.165) is 36.9 Å². The zero-order valence-corrected chi connectivity index (χ0v) is 20.8. The lowest BCUT2D eigenvalue weighted by Gasteiger charge is -2.25. The number of halogens is 1. The molecule has 1 aromatic heterocycles. The number of aromatic nitrogens is 1. The number of rotatable bonds is 5. The second-order valence-corrected chi connectivity index (χ2v) is 8.35. The van der Waals surface area contributed by atoms with Crippen LogP contribution < -0.4 is 10.2 Å². The molecule has 0 saturated carbocycles. The van der Waals surface area contributed by atoms with Crippen molar-refractivity contribution in [1.29, 1.82) is 0 Å². The first-order chi connectivity index (χ1) is 14.2. The lowest BCUT2D eigenvalue weighted by Crippen LogP contribution is -2.42. The number of fused-ring (bicyclic) bond motifs is 1. The van der Waals surface area contributed by atoms with Gasteiger partial charge in [0.25, 0.3) is 0 Å². The van der Waals surface area contributed by atoms with Gasteiger partial charge >= 0.3 is 0 Å². The predicted octanol–water partition coefficient (Wildman–Crippen LogP) is 3.55. The maximum atomic E-state index is 5.04. The van der Waals surface area contributed by atoms with Gasteiger partial charge in [0, 0.05) is 45.2 Å². The average Bonchev–Trinajstić information content (AvgIpc) is 3.42. The van der Waals surface area contributed by atoms with Gasteiger partial charge in [-0.25, -0.2) is 9.98 Å². The molecule has 1 unspecified atom stereocenters. The third-order valence-corrected chi connectivity index (χ3v) is 6.10. The van der Waals surface area contributed by atoms with Crippen molar-refractivity contribution >= 4 is 46.7 Å². The number of nitrogens with one attached hydrogen (secondary N) is 1. The molecule has 0 bridgehead atoms. The average molecular weight is 522 g/mol. The van der Waals surface area contributed by atoms with Crippen LogP contribution in [0.15, 0.2) is 35.3 Å². The molecular weight excluding hydrogens is 487 g/mol. The van der Waals surface area contributed by atoms with Crippen molar-refractivity contribution in [2.45, 2.75) is 38.8 Å². The van der Waals surface area contributed by atoms with Crippen LogP contribution in [0.4, 0.5) is 5.82 Å². The third kappa shape index (κ3) is 5.17. The number of anilines is 1. The monoisotopic (exact) mass is 522 g/mol. The van der Waals surface area contributed by atoms with Gasteiger partial charge in [-0.15, -0.1) is 24.0 Å². The maximum Gasteiger partial charge on any atom is 0.194 e. The van der Waals surface area contributed by atoms with Crippen LogP contribution >= 0.6 is 24.0 Å². The van der Waals surface area contributed by atoms with Gasteiger partial charge < -0.3 is 15.1 Å². The fourth-order valence-corrected chi connectivity index (χ4v) is 4.52.